The van der Waals surface area contributed by atoms with E-state index in [0.29, 0.717) is 16.6 Å². The van der Waals surface area contributed by atoms with Gasteiger partial charge in [-0.05, 0) is 17.7 Å². The molecule has 6 heteroatoms. The summed E-state index contributed by atoms with van der Waals surface area (Å²) in [5.41, 5.74) is 6.47. The average molecular weight is 263 g/mol. The maximum absolute atomic E-state index is 11.7. The minimum Gasteiger partial charge on any atom is -0.497 e. The number of nitrogens with one attached hydrogen (secondary N) is 1. The van der Waals surface area contributed by atoms with Gasteiger partial charge >= 0.3 is 0 Å². The Balaban J connectivity index is 1.92. The number of methoxy groups -OCH3 is 1. The topological polar surface area (TPSA) is 77.2 Å². The van der Waals surface area contributed by atoms with Gasteiger partial charge in [-0.1, -0.05) is 23.5 Å². The van der Waals surface area contributed by atoms with Crippen LogP contribution in [-0.2, 0) is 6.54 Å². The van der Waals surface area contributed by atoms with E-state index in [0.717, 1.165) is 11.3 Å². The molecular weight excluding hydrogens is 250 g/mol. The fourth-order valence-electron chi connectivity index (χ4n) is 1.41. The summed E-state index contributed by atoms with van der Waals surface area (Å²) in [6.45, 7) is 0.459. The molecule has 3 N–H and O–H groups in total. The fraction of sp³-hybridized carbons (Fsp3) is 0.167. The van der Waals surface area contributed by atoms with Crippen LogP contribution in [0.5, 0.6) is 5.75 Å². The second-order valence-corrected chi connectivity index (χ2v) is 4.66. The molecule has 2 rings (SSSR count). The summed E-state index contributed by atoms with van der Waals surface area (Å²) in [4.78, 5) is 16.1. The molecule has 0 bridgehead atoms. The van der Waals surface area contributed by atoms with Gasteiger partial charge in [-0.2, -0.15) is 0 Å². The lowest BCUT2D eigenvalue weighted by Crippen LogP contribution is -2.21. The van der Waals surface area contributed by atoms with Gasteiger partial charge in [-0.25, -0.2) is 4.98 Å². The normalized spacial score (nSPS) is 10.1. The predicted molar refractivity (Wildman–Crippen MR) is 70.7 cm³/mol. The first kappa shape index (κ1) is 12.4. The van der Waals surface area contributed by atoms with Crippen LogP contribution < -0.4 is 15.8 Å². The maximum atomic E-state index is 11.7. The lowest BCUT2D eigenvalue weighted by atomic mass is 10.2. The molecule has 0 spiro atoms. The van der Waals surface area contributed by atoms with Crippen molar-refractivity contribution in [3.05, 3.63) is 40.9 Å². The quantitative estimate of drug-likeness (QED) is 0.879. The zero-order chi connectivity index (χ0) is 13.0. The number of hydrogen-bond donors (Lipinski definition) is 2. The molecule has 1 aromatic heterocycles. The van der Waals surface area contributed by atoms with Gasteiger partial charge in [0.15, 0.2) is 5.13 Å². The Morgan fingerprint density at radius 2 is 2.17 bits per heavy atom. The largest absolute Gasteiger partial charge is 0.497 e. The third-order valence-corrected chi connectivity index (χ3v) is 3.18. The maximum Gasteiger partial charge on any atom is 0.263 e. The van der Waals surface area contributed by atoms with Gasteiger partial charge in [0.1, 0.15) is 10.6 Å². The Bertz CT molecular complexity index is 537. The van der Waals surface area contributed by atoms with Crippen molar-refractivity contribution in [2.24, 2.45) is 0 Å². The smallest absolute Gasteiger partial charge is 0.263 e. The van der Waals surface area contributed by atoms with Crippen molar-refractivity contribution >= 4 is 22.4 Å². The molecule has 1 heterocycles. The van der Waals surface area contributed by atoms with Crippen LogP contribution in [0.25, 0.3) is 0 Å². The van der Waals surface area contributed by atoms with Crippen LogP contribution in [0.15, 0.2) is 30.5 Å². The summed E-state index contributed by atoms with van der Waals surface area (Å²) in [6, 6.07) is 7.51. The monoisotopic (exact) mass is 263 g/mol. The van der Waals surface area contributed by atoms with Crippen LogP contribution in [0.1, 0.15) is 15.2 Å². The van der Waals surface area contributed by atoms with E-state index in [1.54, 1.807) is 7.11 Å². The minimum absolute atomic E-state index is 0.167. The molecule has 0 fully saturated rings. The molecule has 1 amide bonds. The second kappa shape index (κ2) is 5.50. The summed E-state index contributed by atoms with van der Waals surface area (Å²) in [6.07, 6.45) is 1.48. The highest BCUT2D eigenvalue weighted by atomic mass is 32.1. The van der Waals surface area contributed by atoms with Crippen LogP contribution in [0.2, 0.25) is 0 Å². The lowest BCUT2D eigenvalue weighted by Gasteiger charge is -2.04. The van der Waals surface area contributed by atoms with E-state index in [9.17, 15) is 4.79 Å². The van der Waals surface area contributed by atoms with Gasteiger partial charge in [0.2, 0.25) is 0 Å². The van der Waals surface area contributed by atoms with Crippen molar-refractivity contribution in [3.8, 4) is 5.75 Å². The van der Waals surface area contributed by atoms with Gasteiger partial charge in [-0.3, -0.25) is 4.79 Å². The summed E-state index contributed by atoms with van der Waals surface area (Å²) < 4.78 is 5.06. The van der Waals surface area contributed by atoms with Crippen molar-refractivity contribution in [2.45, 2.75) is 6.54 Å². The van der Waals surface area contributed by atoms with E-state index in [2.05, 4.69) is 10.3 Å². The molecule has 18 heavy (non-hydrogen) atoms. The molecule has 0 aliphatic rings. The Morgan fingerprint density at radius 3 is 2.72 bits per heavy atom. The number of nitrogen functional groups attached to an aromatic ring is 1. The van der Waals surface area contributed by atoms with Crippen molar-refractivity contribution in [3.63, 3.8) is 0 Å². The lowest BCUT2D eigenvalue weighted by molar-refractivity contribution is 0.0955. The number of benzene rings is 1. The first-order valence-corrected chi connectivity index (χ1v) is 6.13. The molecule has 0 saturated heterocycles. The number of nitrogens with two attached hydrogens (primary N) is 1. The Labute approximate surface area is 109 Å². The van der Waals surface area contributed by atoms with E-state index >= 15 is 0 Å². The summed E-state index contributed by atoms with van der Waals surface area (Å²) >= 11 is 1.17. The summed E-state index contributed by atoms with van der Waals surface area (Å²) in [5.74, 6) is 0.625. The van der Waals surface area contributed by atoms with Crippen LogP contribution in [0.3, 0.4) is 0 Å². The third-order valence-electron chi connectivity index (χ3n) is 2.36. The zero-order valence-electron chi connectivity index (χ0n) is 9.84. The van der Waals surface area contributed by atoms with Crippen molar-refractivity contribution in [2.75, 3.05) is 12.8 Å². The van der Waals surface area contributed by atoms with Gasteiger partial charge < -0.3 is 15.8 Å². The van der Waals surface area contributed by atoms with E-state index in [1.165, 1.54) is 17.5 Å². The van der Waals surface area contributed by atoms with Crippen LogP contribution in [0.4, 0.5) is 5.13 Å². The molecular formula is C12H13N3O2S. The first-order valence-electron chi connectivity index (χ1n) is 5.31. The van der Waals surface area contributed by atoms with Gasteiger partial charge in [0.05, 0.1) is 13.3 Å². The molecule has 0 atom stereocenters. The van der Waals surface area contributed by atoms with Gasteiger partial charge in [0.25, 0.3) is 5.91 Å². The Kier molecular flexibility index (Phi) is 3.78. The molecule has 0 aliphatic carbocycles. The molecule has 94 valence electrons. The third kappa shape index (κ3) is 2.98. The number of amides is 1. The number of carbonyl (C=O) groups excluding carboxylic acids is 1. The summed E-state index contributed by atoms with van der Waals surface area (Å²) in [5, 5.41) is 3.19. The van der Waals surface area contributed by atoms with E-state index < -0.39 is 0 Å². The Morgan fingerprint density at radius 1 is 1.44 bits per heavy atom. The fourth-order valence-corrected chi connectivity index (χ4v) is 2.01. The number of anilines is 1. The molecule has 1 aromatic carbocycles. The number of thiazole rings is 1. The van der Waals surface area contributed by atoms with E-state index in [4.69, 9.17) is 10.5 Å². The van der Waals surface area contributed by atoms with Crippen molar-refractivity contribution in [1.29, 1.82) is 0 Å². The number of aromatic nitrogens is 1. The molecule has 5 nitrogen and oxygen atoms in total. The predicted octanol–water partition coefficient (Wildman–Crippen LogP) is 1.66. The standard InChI is InChI=1S/C12H13N3O2S/c1-17-9-4-2-8(3-5-9)6-14-11(16)10-7-15-12(13)18-10/h2-5,7H,6H2,1H3,(H2,13,15)(H,14,16). The first-order chi connectivity index (χ1) is 8.69. The second-order valence-electron chi connectivity index (χ2n) is 3.59. The van der Waals surface area contributed by atoms with Crippen LogP contribution >= 0.6 is 11.3 Å². The average Bonchev–Trinajstić information content (AvgIpc) is 2.83. The molecule has 2 aromatic rings. The highest BCUT2D eigenvalue weighted by molar-refractivity contribution is 7.17. The van der Waals surface area contributed by atoms with E-state index in [-0.39, 0.29) is 5.91 Å². The number of rotatable bonds is 4. The highest BCUT2D eigenvalue weighted by Crippen LogP contribution is 2.14. The SMILES string of the molecule is COc1ccc(CNC(=O)c2cnc(N)s2)cc1. The van der Waals surface area contributed by atoms with E-state index in [1.807, 2.05) is 24.3 Å². The number of hydrogen-bond acceptors (Lipinski definition) is 5. The van der Waals surface area contributed by atoms with Crippen molar-refractivity contribution in [1.82, 2.24) is 10.3 Å². The number of carbonyl (C=O) groups is 1. The van der Waals surface area contributed by atoms with Gasteiger partial charge in [-0.15, -0.1) is 0 Å². The number of nitrogens with zero attached hydrogens (tertiary/aromatic N) is 1. The van der Waals surface area contributed by atoms with Crippen LogP contribution in [0, 0.1) is 0 Å². The van der Waals surface area contributed by atoms with Crippen LogP contribution in [-0.4, -0.2) is 18.0 Å². The molecule has 0 unspecified atom stereocenters. The molecule has 0 saturated carbocycles. The molecule has 0 aliphatic heterocycles. The minimum atomic E-state index is -0.167. The van der Waals surface area contributed by atoms with Gasteiger partial charge in [0, 0.05) is 6.54 Å². The Hall–Kier alpha value is -2.08. The number of ether oxygens (including phenoxy) is 1. The highest BCUT2D eigenvalue weighted by Gasteiger charge is 2.08. The summed E-state index contributed by atoms with van der Waals surface area (Å²) in [7, 11) is 1.62. The van der Waals surface area contributed by atoms with Crippen molar-refractivity contribution < 1.29 is 9.53 Å². The zero-order valence-corrected chi connectivity index (χ0v) is 10.7. The molecule has 0 radical (unpaired) electrons.